The van der Waals surface area contributed by atoms with Crippen LogP contribution >= 0.6 is 11.8 Å². The molecule has 0 spiro atoms. The molecule has 216 valence electrons. The van der Waals surface area contributed by atoms with E-state index in [1.165, 1.54) is 23.9 Å². The molecule has 0 saturated heterocycles. The van der Waals surface area contributed by atoms with Gasteiger partial charge in [0.2, 0.25) is 0 Å². The number of hydrogen-bond donors (Lipinski definition) is 2. The number of amides is 2. The Balaban J connectivity index is 1.50. The van der Waals surface area contributed by atoms with E-state index in [9.17, 15) is 18.0 Å². The summed E-state index contributed by atoms with van der Waals surface area (Å²) < 4.78 is 51.2. The van der Waals surface area contributed by atoms with E-state index >= 15 is 0 Å². The van der Waals surface area contributed by atoms with Crippen LogP contribution in [0, 0.1) is 0 Å². The van der Waals surface area contributed by atoms with Crippen LogP contribution in [-0.4, -0.2) is 42.1 Å². The van der Waals surface area contributed by atoms with E-state index in [0.29, 0.717) is 12.3 Å². The fourth-order valence-electron chi connectivity index (χ4n) is 4.19. The Morgan fingerprint density at radius 3 is 2.02 bits per heavy atom. The maximum absolute atomic E-state index is 12.8. The van der Waals surface area contributed by atoms with Crippen LogP contribution in [0.1, 0.15) is 18.9 Å². The van der Waals surface area contributed by atoms with E-state index in [-0.39, 0.29) is 5.69 Å². The minimum absolute atomic E-state index is 0.273. The van der Waals surface area contributed by atoms with Gasteiger partial charge in [0.25, 0.3) is 0 Å². The number of aromatic nitrogens is 2. The highest BCUT2D eigenvalue weighted by Gasteiger charge is 2.30. The molecule has 1 aromatic heterocycles. The minimum atomic E-state index is -4.43. The zero-order valence-corrected chi connectivity index (χ0v) is 23.7. The Morgan fingerprint density at radius 1 is 0.902 bits per heavy atom. The maximum Gasteiger partial charge on any atom is 0.416 e. The van der Waals surface area contributed by atoms with Gasteiger partial charge in [0.15, 0.2) is 5.16 Å². The van der Waals surface area contributed by atoms with Crippen LogP contribution in [-0.2, 0) is 12.7 Å². The largest absolute Gasteiger partial charge is 0.497 e. The first-order valence-electron chi connectivity index (χ1n) is 13.0. The third kappa shape index (κ3) is 7.55. The number of halogens is 3. The van der Waals surface area contributed by atoms with E-state index in [1.54, 1.807) is 14.2 Å². The number of benzene rings is 3. The number of thioether (sulfide) groups is 1. The Labute approximate surface area is 241 Å². The maximum atomic E-state index is 12.8. The number of carbonyl (C=O) groups is 1. The number of urea groups is 1. The van der Waals surface area contributed by atoms with Gasteiger partial charge in [-0.25, -0.2) is 9.78 Å². The molecule has 0 atom stereocenters. The van der Waals surface area contributed by atoms with Crippen molar-refractivity contribution < 1.29 is 27.4 Å². The fourth-order valence-corrected chi connectivity index (χ4v) is 5.07. The van der Waals surface area contributed by atoms with Gasteiger partial charge in [-0.15, -0.1) is 0 Å². The Morgan fingerprint density at radius 2 is 1.49 bits per heavy atom. The molecule has 41 heavy (non-hydrogen) atoms. The zero-order valence-electron chi connectivity index (χ0n) is 22.9. The lowest BCUT2D eigenvalue weighted by molar-refractivity contribution is -0.137. The second-order valence-corrected chi connectivity index (χ2v) is 10.1. The first-order valence-corrected chi connectivity index (χ1v) is 14.0. The van der Waals surface area contributed by atoms with Gasteiger partial charge in [-0.1, -0.05) is 18.7 Å². The molecule has 0 saturated carbocycles. The Hall–Kier alpha value is -4.12. The van der Waals surface area contributed by atoms with Crippen molar-refractivity contribution in [2.24, 2.45) is 0 Å². The average molecular weight is 585 g/mol. The van der Waals surface area contributed by atoms with Crippen LogP contribution in [0.25, 0.3) is 22.5 Å². The minimum Gasteiger partial charge on any atom is -0.497 e. The van der Waals surface area contributed by atoms with Gasteiger partial charge in [-0.05, 0) is 79.2 Å². The lowest BCUT2D eigenvalue weighted by Crippen LogP contribution is -2.30. The summed E-state index contributed by atoms with van der Waals surface area (Å²) in [5.41, 5.74) is 3.26. The molecule has 0 unspecified atom stereocenters. The van der Waals surface area contributed by atoms with E-state index in [4.69, 9.17) is 14.5 Å². The van der Waals surface area contributed by atoms with Crippen molar-refractivity contribution in [3.05, 3.63) is 78.4 Å². The van der Waals surface area contributed by atoms with Crippen molar-refractivity contribution in [1.82, 2.24) is 14.9 Å². The van der Waals surface area contributed by atoms with Crippen molar-refractivity contribution in [3.63, 3.8) is 0 Å². The summed E-state index contributed by atoms with van der Waals surface area (Å²) in [5, 5.41) is 6.12. The summed E-state index contributed by atoms with van der Waals surface area (Å²) in [5.74, 6) is 2.05. The second-order valence-electron chi connectivity index (χ2n) is 9.00. The molecule has 0 aliphatic carbocycles. The van der Waals surface area contributed by atoms with E-state index in [0.717, 1.165) is 64.3 Å². The summed E-state index contributed by atoms with van der Waals surface area (Å²) in [6.45, 7) is 3.17. The number of imidazole rings is 1. The number of carbonyl (C=O) groups excluding carboxylic acids is 1. The van der Waals surface area contributed by atoms with Gasteiger partial charge in [-0.2, -0.15) is 13.2 Å². The normalized spacial score (nSPS) is 11.3. The van der Waals surface area contributed by atoms with Crippen molar-refractivity contribution in [2.45, 2.75) is 31.2 Å². The monoisotopic (exact) mass is 584 g/mol. The van der Waals surface area contributed by atoms with E-state index in [2.05, 4.69) is 22.1 Å². The zero-order chi connectivity index (χ0) is 29.4. The molecule has 3 aromatic carbocycles. The smallest absolute Gasteiger partial charge is 0.416 e. The highest BCUT2D eigenvalue weighted by Crippen LogP contribution is 2.37. The molecule has 4 rings (SSSR count). The number of anilines is 1. The quantitative estimate of drug-likeness (QED) is 0.140. The molecular formula is C30H31F3N4O3S. The molecule has 4 aromatic rings. The third-order valence-electron chi connectivity index (χ3n) is 6.20. The van der Waals surface area contributed by atoms with Crippen molar-refractivity contribution >= 4 is 23.5 Å². The highest BCUT2D eigenvalue weighted by atomic mass is 32.2. The molecule has 2 amide bonds. The molecule has 1 heterocycles. The molecule has 7 nitrogen and oxygen atoms in total. The summed E-state index contributed by atoms with van der Waals surface area (Å²) in [7, 11) is 3.26. The number of hydrogen-bond acceptors (Lipinski definition) is 5. The number of ether oxygens (including phenoxy) is 2. The average Bonchev–Trinajstić information content (AvgIpc) is 3.33. The number of methoxy groups -OCH3 is 2. The third-order valence-corrected chi connectivity index (χ3v) is 7.17. The Kier molecular flexibility index (Phi) is 9.82. The molecule has 0 radical (unpaired) electrons. The van der Waals surface area contributed by atoms with E-state index < -0.39 is 17.8 Å². The van der Waals surface area contributed by atoms with Crippen molar-refractivity contribution in [1.29, 1.82) is 0 Å². The number of rotatable bonds is 11. The predicted molar refractivity (Wildman–Crippen MR) is 156 cm³/mol. The molecule has 0 aliphatic rings. The highest BCUT2D eigenvalue weighted by molar-refractivity contribution is 7.99. The van der Waals surface area contributed by atoms with Crippen LogP contribution in [0.5, 0.6) is 11.5 Å². The van der Waals surface area contributed by atoms with Gasteiger partial charge in [0, 0.05) is 35.7 Å². The number of nitrogens with one attached hydrogen (secondary N) is 2. The molecule has 2 N–H and O–H groups in total. The lowest BCUT2D eigenvalue weighted by Gasteiger charge is -2.13. The van der Waals surface area contributed by atoms with E-state index in [1.807, 2.05) is 48.5 Å². The van der Waals surface area contributed by atoms with Gasteiger partial charge < -0.3 is 24.7 Å². The van der Waals surface area contributed by atoms with Gasteiger partial charge in [-0.3, -0.25) is 0 Å². The molecule has 0 bridgehead atoms. The van der Waals surface area contributed by atoms with Gasteiger partial charge in [0.1, 0.15) is 11.5 Å². The second kappa shape index (κ2) is 13.5. The van der Waals surface area contributed by atoms with Crippen LogP contribution in [0.3, 0.4) is 0 Å². The SMILES string of the molecule is CCCn1c(SCCNC(=O)Nc2ccc(C(F)(F)F)cc2)nc(-c2ccc(OC)cc2)c1-c1ccc(OC)cc1. The van der Waals surface area contributed by atoms with Crippen LogP contribution < -0.4 is 20.1 Å². The molecule has 0 fully saturated rings. The topological polar surface area (TPSA) is 77.4 Å². The molecule has 11 heteroatoms. The summed E-state index contributed by atoms with van der Waals surface area (Å²) in [6, 6.07) is 19.4. The Bertz CT molecular complexity index is 1440. The summed E-state index contributed by atoms with van der Waals surface area (Å²) in [4.78, 5) is 17.3. The van der Waals surface area contributed by atoms with Crippen LogP contribution in [0.15, 0.2) is 78.0 Å². The predicted octanol–water partition coefficient (Wildman–Crippen LogP) is 7.58. The lowest BCUT2D eigenvalue weighted by atomic mass is 10.0. The van der Waals surface area contributed by atoms with Crippen molar-refractivity contribution in [3.8, 4) is 34.0 Å². The van der Waals surface area contributed by atoms with Gasteiger partial charge in [0.05, 0.1) is 31.2 Å². The van der Waals surface area contributed by atoms with Crippen LogP contribution in [0.4, 0.5) is 23.7 Å². The van der Waals surface area contributed by atoms with Crippen molar-refractivity contribution in [2.75, 3.05) is 31.8 Å². The molecule has 0 aliphatic heterocycles. The summed E-state index contributed by atoms with van der Waals surface area (Å²) >= 11 is 1.51. The van der Waals surface area contributed by atoms with Gasteiger partial charge >= 0.3 is 12.2 Å². The number of alkyl halides is 3. The summed E-state index contributed by atoms with van der Waals surface area (Å²) in [6.07, 6.45) is -3.54. The first-order chi connectivity index (χ1) is 19.7. The van der Waals surface area contributed by atoms with Crippen LogP contribution in [0.2, 0.25) is 0 Å². The fraction of sp³-hybridized carbons (Fsp3) is 0.267. The standard InChI is InChI=1S/C30H31F3N4O3S/c1-4-18-37-27(21-7-15-25(40-3)16-8-21)26(20-5-13-24(39-2)14-6-20)36-29(37)41-19-17-34-28(38)35-23-11-9-22(10-12-23)30(31,32)33/h5-16H,4,17-19H2,1-3H3,(H2,34,35,38). The number of nitrogens with zero attached hydrogens (tertiary/aromatic N) is 2. The molecular weight excluding hydrogens is 553 g/mol. The first kappa shape index (κ1) is 29.9.